The molecule has 1 fully saturated rings. The van der Waals surface area contributed by atoms with Crippen LogP contribution in [0.4, 0.5) is 0 Å². The van der Waals surface area contributed by atoms with E-state index in [1.165, 1.54) is 0 Å². The maximum atomic E-state index is 9.28. The van der Waals surface area contributed by atoms with Gasteiger partial charge in [0.1, 0.15) is 12.2 Å². The summed E-state index contributed by atoms with van der Waals surface area (Å²) in [5, 5.41) is 35.3. The monoisotopic (exact) mass is 195 g/mol. The molecule has 0 spiro atoms. The number of thioether (sulfide) groups is 1. The van der Waals surface area contributed by atoms with E-state index in [0.29, 0.717) is 0 Å². The van der Waals surface area contributed by atoms with Gasteiger partial charge < -0.3 is 26.2 Å². The Hall–Kier alpha value is 0.150. The molecule has 5 atom stereocenters. The lowest BCUT2D eigenvalue weighted by molar-refractivity contribution is -0.0690. The lowest BCUT2D eigenvalue weighted by Gasteiger charge is -2.37. The van der Waals surface area contributed by atoms with Gasteiger partial charge in [-0.05, 0) is 0 Å². The van der Waals surface area contributed by atoms with Gasteiger partial charge in [0.25, 0.3) is 0 Å². The van der Waals surface area contributed by atoms with Gasteiger partial charge in [-0.3, -0.25) is 0 Å². The van der Waals surface area contributed by atoms with E-state index >= 15 is 0 Å². The van der Waals surface area contributed by atoms with Crippen LogP contribution < -0.4 is 5.73 Å². The minimum Gasteiger partial charge on any atom is -0.395 e. The van der Waals surface area contributed by atoms with Crippen LogP contribution in [0.2, 0.25) is 0 Å². The zero-order valence-corrected chi connectivity index (χ0v) is 7.18. The van der Waals surface area contributed by atoms with Crippen molar-refractivity contribution in [2.75, 3.05) is 6.61 Å². The first kappa shape index (κ1) is 10.2. The van der Waals surface area contributed by atoms with Gasteiger partial charge in [-0.15, -0.1) is 11.8 Å². The quantitative estimate of drug-likeness (QED) is 0.316. The van der Waals surface area contributed by atoms with Crippen molar-refractivity contribution < 1.29 is 20.4 Å². The molecule has 6 N–H and O–H groups in total. The molecule has 0 aromatic carbocycles. The van der Waals surface area contributed by atoms with Gasteiger partial charge in [-0.25, -0.2) is 0 Å². The number of rotatable bonds is 1. The normalized spacial score (nSPS) is 49.2. The van der Waals surface area contributed by atoms with Gasteiger partial charge >= 0.3 is 0 Å². The number of aliphatic hydroxyl groups is 4. The van der Waals surface area contributed by atoms with Crippen LogP contribution in [0, 0.1) is 0 Å². The van der Waals surface area contributed by atoms with Crippen LogP contribution in [-0.2, 0) is 0 Å². The van der Waals surface area contributed by atoms with Gasteiger partial charge in [-0.1, -0.05) is 0 Å². The lowest BCUT2D eigenvalue weighted by Crippen LogP contribution is -2.56. The fraction of sp³-hybridized carbons (Fsp3) is 1.00. The second kappa shape index (κ2) is 3.91. The summed E-state index contributed by atoms with van der Waals surface area (Å²) in [4.78, 5) is 0. The van der Waals surface area contributed by atoms with E-state index in [0.717, 1.165) is 11.8 Å². The van der Waals surface area contributed by atoms with Crippen LogP contribution in [0.5, 0.6) is 0 Å². The maximum absolute atomic E-state index is 9.28. The van der Waals surface area contributed by atoms with Gasteiger partial charge in [0, 0.05) is 0 Å². The zero-order chi connectivity index (χ0) is 9.30. The molecular formula is C6H13NO4S. The largest absolute Gasteiger partial charge is 0.395 e. The third-order valence-corrected chi connectivity index (χ3v) is 3.30. The molecule has 0 radical (unpaired) electrons. The molecule has 72 valence electrons. The second-order valence-electron chi connectivity index (χ2n) is 2.79. The Bertz CT molecular complexity index is 154. The molecule has 0 bridgehead atoms. The maximum Gasteiger partial charge on any atom is 0.109 e. The number of aliphatic hydroxyl groups excluding tert-OH is 4. The van der Waals surface area contributed by atoms with E-state index in [1.807, 2.05) is 0 Å². The first-order valence-corrected chi connectivity index (χ1v) is 4.58. The van der Waals surface area contributed by atoms with Crippen molar-refractivity contribution in [3.63, 3.8) is 0 Å². The summed E-state index contributed by atoms with van der Waals surface area (Å²) in [6.45, 7) is -0.261. The topological polar surface area (TPSA) is 107 Å². The number of hydrogen-bond donors (Lipinski definition) is 5. The molecule has 1 rings (SSSR count). The Balaban J connectivity index is 2.63. The van der Waals surface area contributed by atoms with E-state index in [9.17, 15) is 15.3 Å². The Morgan fingerprint density at radius 2 is 1.67 bits per heavy atom. The molecule has 0 aliphatic carbocycles. The van der Waals surface area contributed by atoms with E-state index in [4.69, 9.17) is 10.8 Å². The molecule has 1 aliphatic rings. The molecular weight excluding hydrogens is 182 g/mol. The van der Waals surface area contributed by atoms with Crippen molar-refractivity contribution in [1.29, 1.82) is 0 Å². The highest BCUT2D eigenvalue weighted by Gasteiger charge is 2.41. The fourth-order valence-electron chi connectivity index (χ4n) is 1.13. The average Bonchev–Trinajstić information content (AvgIpc) is 2.08. The van der Waals surface area contributed by atoms with Gasteiger partial charge in [0.05, 0.1) is 23.3 Å². The van der Waals surface area contributed by atoms with Gasteiger partial charge in [0.2, 0.25) is 0 Å². The number of hydrogen-bond acceptors (Lipinski definition) is 6. The smallest absolute Gasteiger partial charge is 0.109 e. The molecule has 12 heavy (non-hydrogen) atoms. The molecule has 1 saturated heterocycles. The van der Waals surface area contributed by atoms with Crippen molar-refractivity contribution in [2.24, 2.45) is 5.73 Å². The molecule has 0 aromatic heterocycles. The highest BCUT2D eigenvalue weighted by atomic mass is 32.2. The Morgan fingerprint density at radius 3 is 2.17 bits per heavy atom. The first-order chi connectivity index (χ1) is 5.57. The standard InChI is InChI=1S/C6H13NO4S/c7-6-5(11)4(10)3(9)2(1-8)12-6/h2-6,8-11H,1,7H2/t2-,3-,4+,5-,6-/m1/s1. The molecule has 6 heteroatoms. The highest BCUT2D eigenvalue weighted by molar-refractivity contribution is 8.00. The van der Waals surface area contributed by atoms with Crippen molar-refractivity contribution in [1.82, 2.24) is 0 Å². The van der Waals surface area contributed by atoms with Crippen molar-refractivity contribution in [3.8, 4) is 0 Å². The van der Waals surface area contributed by atoms with Crippen LogP contribution in [0.15, 0.2) is 0 Å². The molecule has 1 aliphatic heterocycles. The molecule has 1 heterocycles. The summed E-state index contributed by atoms with van der Waals surface area (Å²) in [5.41, 5.74) is 5.43. The second-order valence-corrected chi connectivity index (χ2v) is 4.22. The minimum absolute atomic E-state index is 0.261. The minimum atomic E-state index is -1.27. The van der Waals surface area contributed by atoms with E-state index in [-0.39, 0.29) is 6.61 Å². The van der Waals surface area contributed by atoms with Crippen LogP contribution in [-0.4, -0.2) is 56.0 Å². The van der Waals surface area contributed by atoms with Crippen LogP contribution in [0.3, 0.4) is 0 Å². The first-order valence-electron chi connectivity index (χ1n) is 3.64. The van der Waals surface area contributed by atoms with Gasteiger partial charge in [0.15, 0.2) is 0 Å². The van der Waals surface area contributed by atoms with Crippen LogP contribution >= 0.6 is 11.8 Å². The molecule has 5 nitrogen and oxygen atoms in total. The third-order valence-electron chi connectivity index (χ3n) is 1.93. The lowest BCUT2D eigenvalue weighted by atomic mass is 10.0. The predicted octanol–water partition coefficient (Wildman–Crippen LogP) is -2.54. The fourth-order valence-corrected chi connectivity index (χ4v) is 2.26. The molecule has 0 amide bonds. The summed E-state index contributed by atoms with van der Waals surface area (Å²) in [6, 6.07) is 0. The van der Waals surface area contributed by atoms with E-state index < -0.39 is 28.9 Å². The molecule has 0 saturated carbocycles. The van der Waals surface area contributed by atoms with Crippen molar-refractivity contribution in [3.05, 3.63) is 0 Å². The SMILES string of the molecule is N[C@@H]1S[C@H](CO)[C@@H](O)[C@H](O)[C@H]1O. The Morgan fingerprint density at radius 1 is 1.08 bits per heavy atom. The molecule has 0 aromatic rings. The van der Waals surface area contributed by atoms with E-state index in [2.05, 4.69) is 0 Å². The van der Waals surface area contributed by atoms with Crippen molar-refractivity contribution in [2.45, 2.75) is 28.9 Å². The van der Waals surface area contributed by atoms with E-state index in [1.54, 1.807) is 0 Å². The zero-order valence-electron chi connectivity index (χ0n) is 6.37. The van der Waals surface area contributed by atoms with Gasteiger partial charge in [-0.2, -0.15) is 0 Å². The highest BCUT2D eigenvalue weighted by Crippen LogP contribution is 2.29. The predicted molar refractivity (Wildman–Crippen MR) is 44.5 cm³/mol. The Kier molecular flexibility index (Phi) is 3.33. The summed E-state index contributed by atoms with van der Waals surface area (Å²) in [5.74, 6) is 0. The third kappa shape index (κ3) is 1.73. The molecule has 0 unspecified atom stereocenters. The summed E-state index contributed by atoms with van der Waals surface area (Å²) < 4.78 is 0. The van der Waals surface area contributed by atoms with Crippen LogP contribution in [0.25, 0.3) is 0 Å². The average molecular weight is 195 g/mol. The van der Waals surface area contributed by atoms with Crippen molar-refractivity contribution >= 4 is 11.8 Å². The number of nitrogens with two attached hydrogens (primary N) is 1. The Labute approximate surface area is 74.2 Å². The van der Waals surface area contributed by atoms with Crippen LogP contribution in [0.1, 0.15) is 0 Å². The summed E-state index contributed by atoms with van der Waals surface area (Å²) >= 11 is 1.07. The summed E-state index contributed by atoms with van der Waals surface area (Å²) in [6.07, 6.45) is -3.51. The summed E-state index contributed by atoms with van der Waals surface area (Å²) in [7, 11) is 0.